The average molecular weight is 291 g/mol. The van der Waals surface area contributed by atoms with Gasteiger partial charge in [0.05, 0.1) is 4.92 Å². The van der Waals surface area contributed by atoms with Gasteiger partial charge in [-0.2, -0.15) is 0 Å². The van der Waals surface area contributed by atoms with Gasteiger partial charge in [-0.15, -0.1) is 0 Å². The number of hydrogen-bond donors (Lipinski definition) is 1. The highest BCUT2D eigenvalue weighted by molar-refractivity contribution is 5.95. The van der Waals surface area contributed by atoms with Gasteiger partial charge in [0.15, 0.2) is 0 Å². The van der Waals surface area contributed by atoms with Crippen LogP contribution in [0.3, 0.4) is 0 Å². The molecular formula is C15H21N3O3. The Bertz CT molecular complexity index is 539. The fraction of sp³-hybridized carbons (Fsp3) is 0.533. The minimum Gasteiger partial charge on any atom is -0.336 e. The molecule has 0 radical (unpaired) electrons. The number of amides is 1. The fourth-order valence-corrected chi connectivity index (χ4v) is 2.85. The van der Waals surface area contributed by atoms with Crippen molar-refractivity contribution < 1.29 is 9.72 Å². The van der Waals surface area contributed by atoms with Gasteiger partial charge in [-0.1, -0.05) is 0 Å². The van der Waals surface area contributed by atoms with E-state index in [-0.39, 0.29) is 17.6 Å². The number of nitrogens with one attached hydrogen (secondary N) is 1. The smallest absolute Gasteiger partial charge is 0.272 e. The van der Waals surface area contributed by atoms with Gasteiger partial charge >= 0.3 is 0 Å². The summed E-state index contributed by atoms with van der Waals surface area (Å²) >= 11 is 0. The van der Waals surface area contributed by atoms with E-state index in [0.29, 0.717) is 17.7 Å². The van der Waals surface area contributed by atoms with E-state index in [1.807, 2.05) is 11.8 Å². The molecule has 1 amide bonds. The second-order valence-electron chi connectivity index (χ2n) is 5.33. The van der Waals surface area contributed by atoms with Gasteiger partial charge in [0.1, 0.15) is 0 Å². The van der Waals surface area contributed by atoms with Crippen molar-refractivity contribution in [1.82, 2.24) is 10.2 Å². The lowest BCUT2D eigenvalue weighted by atomic mass is 10.0. The molecule has 21 heavy (non-hydrogen) atoms. The normalized spacial score (nSPS) is 15.7. The van der Waals surface area contributed by atoms with E-state index in [1.54, 1.807) is 19.1 Å². The molecule has 0 saturated carbocycles. The van der Waals surface area contributed by atoms with Gasteiger partial charge in [-0.3, -0.25) is 14.9 Å². The Hall–Kier alpha value is -1.95. The van der Waals surface area contributed by atoms with Crippen molar-refractivity contribution in [3.8, 4) is 0 Å². The largest absolute Gasteiger partial charge is 0.336 e. The summed E-state index contributed by atoms with van der Waals surface area (Å²) in [5.41, 5.74) is 1.10. The third-order valence-electron chi connectivity index (χ3n) is 3.99. The summed E-state index contributed by atoms with van der Waals surface area (Å²) in [4.78, 5) is 24.9. The zero-order valence-corrected chi connectivity index (χ0v) is 12.5. The maximum Gasteiger partial charge on any atom is 0.272 e. The first kappa shape index (κ1) is 15.4. The van der Waals surface area contributed by atoms with Crippen LogP contribution in [0.25, 0.3) is 0 Å². The maximum absolute atomic E-state index is 12.6. The minimum absolute atomic E-state index is 0.0394. The van der Waals surface area contributed by atoms with Crippen LogP contribution in [0.2, 0.25) is 0 Å². The SMILES string of the molecule is CCN(C(=O)c1ccc([N+](=O)[O-])c(C)c1)C1CCNCC1. The third kappa shape index (κ3) is 3.39. The number of carbonyl (C=O) groups is 1. The summed E-state index contributed by atoms with van der Waals surface area (Å²) in [6, 6.07) is 4.83. The van der Waals surface area contributed by atoms with Gasteiger partial charge in [-0.25, -0.2) is 0 Å². The highest BCUT2D eigenvalue weighted by Crippen LogP contribution is 2.21. The average Bonchev–Trinajstić information content (AvgIpc) is 2.48. The molecule has 1 aromatic rings. The molecule has 0 bridgehead atoms. The standard InChI is InChI=1S/C15H21N3O3/c1-3-17(13-6-8-16-9-7-13)15(19)12-4-5-14(18(20)21)11(2)10-12/h4-5,10,13,16H,3,6-9H2,1-2H3. The van der Waals surface area contributed by atoms with Crippen LogP contribution in [0.4, 0.5) is 5.69 Å². The predicted octanol–water partition coefficient (Wildman–Crippen LogP) is 2.12. The monoisotopic (exact) mass is 291 g/mol. The number of hydrogen-bond acceptors (Lipinski definition) is 4. The lowest BCUT2D eigenvalue weighted by Gasteiger charge is -2.34. The van der Waals surface area contributed by atoms with E-state index >= 15 is 0 Å². The Morgan fingerprint density at radius 2 is 2.10 bits per heavy atom. The second-order valence-corrected chi connectivity index (χ2v) is 5.33. The minimum atomic E-state index is -0.423. The number of rotatable bonds is 4. The number of carbonyl (C=O) groups excluding carboxylic acids is 1. The molecule has 6 nitrogen and oxygen atoms in total. The summed E-state index contributed by atoms with van der Waals surface area (Å²) in [5.74, 6) is -0.0394. The molecule has 1 fully saturated rings. The molecule has 1 saturated heterocycles. The molecule has 1 aromatic carbocycles. The van der Waals surface area contributed by atoms with Crippen molar-refractivity contribution in [2.45, 2.75) is 32.7 Å². The maximum atomic E-state index is 12.6. The van der Waals surface area contributed by atoms with Crippen LogP contribution >= 0.6 is 0 Å². The van der Waals surface area contributed by atoms with Crippen molar-refractivity contribution in [2.75, 3.05) is 19.6 Å². The highest BCUT2D eigenvalue weighted by atomic mass is 16.6. The number of benzene rings is 1. The molecule has 0 spiro atoms. The summed E-state index contributed by atoms with van der Waals surface area (Å²) < 4.78 is 0. The van der Waals surface area contributed by atoms with Crippen molar-refractivity contribution in [3.05, 3.63) is 39.4 Å². The zero-order chi connectivity index (χ0) is 15.4. The van der Waals surface area contributed by atoms with Crippen LogP contribution in [0.15, 0.2) is 18.2 Å². The summed E-state index contributed by atoms with van der Waals surface area (Å²) in [6.45, 7) is 6.13. The predicted molar refractivity (Wildman–Crippen MR) is 80.4 cm³/mol. The van der Waals surface area contributed by atoms with Gasteiger partial charge in [-0.05, 0) is 51.9 Å². The first-order valence-electron chi connectivity index (χ1n) is 7.31. The fourth-order valence-electron chi connectivity index (χ4n) is 2.85. The number of nitrogens with zero attached hydrogens (tertiary/aromatic N) is 2. The summed E-state index contributed by atoms with van der Waals surface area (Å²) in [5, 5.41) is 14.1. The van der Waals surface area contributed by atoms with E-state index in [2.05, 4.69) is 5.32 Å². The van der Waals surface area contributed by atoms with E-state index in [0.717, 1.165) is 25.9 Å². The Morgan fingerprint density at radius 3 is 2.62 bits per heavy atom. The summed E-state index contributed by atoms with van der Waals surface area (Å²) in [6.07, 6.45) is 1.90. The third-order valence-corrected chi connectivity index (χ3v) is 3.99. The van der Waals surface area contributed by atoms with Crippen LogP contribution in [0, 0.1) is 17.0 Å². The van der Waals surface area contributed by atoms with E-state index < -0.39 is 4.92 Å². The Kier molecular flexibility index (Phi) is 4.90. The first-order valence-corrected chi connectivity index (χ1v) is 7.31. The molecule has 1 aliphatic heterocycles. The van der Waals surface area contributed by atoms with Crippen LogP contribution in [0.1, 0.15) is 35.7 Å². The molecule has 2 rings (SSSR count). The highest BCUT2D eigenvalue weighted by Gasteiger charge is 2.25. The lowest BCUT2D eigenvalue weighted by molar-refractivity contribution is -0.385. The van der Waals surface area contributed by atoms with Crippen molar-refractivity contribution in [3.63, 3.8) is 0 Å². The molecule has 114 valence electrons. The van der Waals surface area contributed by atoms with Gasteiger partial charge in [0, 0.05) is 29.8 Å². The quantitative estimate of drug-likeness (QED) is 0.681. The number of piperidine rings is 1. The molecule has 0 aliphatic carbocycles. The van der Waals surface area contributed by atoms with Crippen LogP contribution < -0.4 is 5.32 Å². The summed E-state index contributed by atoms with van der Waals surface area (Å²) in [7, 11) is 0. The van der Waals surface area contributed by atoms with Gasteiger partial charge < -0.3 is 10.2 Å². The van der Waals surface area contributed by atoms with Crippen molar-refractivity contribution in [2.24, 2.45) is 0 Å². The molecule has 1 aliphatic rings. The first-order chi connectivity index (χ1) is 10.0. The van der Waals surface area contributed by atoms with Crippen LogP contribution in [-0.4, -0.2) is 41.4 Å². The molecule has 0 aromatic heterocycles. The molecule has 0 unspecified atom stereocenters. The van der Waals surface area contributed by atoms with Gasteiger partial charge in [0.25, 0.3) is 11.6 Å². The second kappa shape index (κ2) is 6.67. The Labute approximate surface area is 124 Å². The molecule has 6 heteroatoms. The Balaban J connectivity index is 2.21. The van der Waals surface area contributed by atoms with E-state index in [4.69, 9.17) is 0 Å². The van der Waals surface area contributed by atoms with Crippen molar-refractivity contribution >= 4 is 11.6 Å². The lowest BCUT2D eigenvalue weighted by Crippen LogP contribution is -2.46. The number of aryl methyl sites for hydroxylation is 1. The molecule has 0 atom stereocenters. The Morgan fingerprint density at radius 1 is 1.43 bits per heavy atom. The molecule has 1 N–H and O–H groups in total. The van der Waals surface area contributed by atoms with Crippen LogP contribution in [0.5, 0.6) is 0 Å². The van der Waals surface area contributed by atoms with Crippen LogP contribution in [-0.2, 0) is 0 Å². The zero-order valence-electron chi connectivity index (χ0n) is 12.5. The van der Waals surface area contributed by atoms with Crippen molar-refractivity contribution in [1.29, 1.82) is 0 Å². The molecular weight excluding hydrogens is 270 g/mol. The van der Waals surface area contributed by atoms with Gasteiger partial charge in [0.2, 0.25) is 0 Å². The molecule has 1 heterocycles. The van der Waals surface area contributed by atoms with E-state index in [1.165, 1.54) is 6.07 Å². The van der Waals surface area contributed by atoms with E-state index in [9.17, 15) is 14.9 Å². The number of nitro benzene ring substituents is 1. The topological polar surface area (TPSA) is 75.5 Å². The number of nitro groups is 1.